The third-order valence-electron chi connectivity index (χ3n) is 1.78. The van der Waals surface area contributed by atoms with Crippen LogP contribution in [0.3, 0.4) is 0 Å². The number of aliphatic hydroxyl groups excluding tert-OH is 1. The minimum atomic E-state index is 0.0450. The third kappa shape index (κ3) is 11.3. The maximum absolute atomic E-state index is 11.2. The molecule has 0 aliphatic heterocycles. The van der Waals surface area contributed by atoms with Crippen molar-refractivity contribution in [3.05, 3.63) is 0 Å². The number of rotatable bonds is 10. The van der Waals surface area contributed by atoms with Crippen LogP contribution in [0.15, 0.2) is 0 Å². The Kier molecular flexibility index (Phi) is 10.9. The second-order valence-electron chi connectivity index (χ2n) is 3.14. The van der Waals surface area contributed by atoms with E-state index in [1.807, 2.05) is 0 Å². The molecule has 0 heterocycles. The lowest BCUT2D eigenvalue weighted by Gasteiger charge is -2.05. The summed E-state index contributed by atoms with van der Waals surface area (Å²) < 4.78 is 9.88. The van der Waals surface area contributed by atoms with Crippen molar-refractivity contribution in [2.24, 2.45) is 0 Å². The Morgan fingerprint density at radius 1 is 1.27 bits per heavy atom. The van der Waals surface area contributed by atoms with Crippen LogP contribution < -0.4 is 5.32 Å². The van der Waals surface area contributed by atoms with Gasteiger partial charge in [-0.05, 0) is 12.8 Å². The Bertz CT molecular complexity index is 152. The molecule has 0 rings (SSSR count). The average molecular weight is 219 g/mol. The van der Waals surface area contributed by atoms with Gasteiger partial charge in [-0.3, -0.25) is 4.79 Å². The van der Waals surface area contributed by atoms with Gasteiger partial charge in [-0.25, -0.2) is 0 Å². The summed E-state index contributed by atoms with van der Waals surface area (Å²) in [6, 6.07) is 0. The van der Waals surface area contributed by atoms with E-state index in [2.05, 4.69) is 5.32 Å². The molecular weight excluding hydrogens is 198 g/mol. The number of amides is 1. The molecule has 0 bridgehead atoms. The highest BCUT2D eigenvalue weighted by atomic mass is 16.5. The first-order valence-corrected chi connectivity index (χ1v) is 5.25. The van der Waals surface area contributed by atoms with Gasteiger partial charge in [0, 0.05) is 33.3 Å². The van der Waals surface area contributed by atoms with Crippen LogP contribution in [0.1, 0.15) is 19.3 Å². The van der Waals surface area contributed by atoms with Crippen molar-refractivity contribution < 1.29 is 19.4 Å². The van der Waals surface area contributed by atoms with Crippen LogP contribution in [-0.4, -0.2) is 51.1 Å². The van der Waals surface area contributed by atoms with E-state index in [1.54, 1.807) is 7.11 Å². The fourth-order valence-electron chi connectivity index (χ4n) is 1.03. The molecule has 5 heteroatoms. The van der Waals surface area contributed by atoms with Crippen LogP contribution in [0.25, 0.3) is 0 Å². The molecule has 0 radical (unpaired) electrons. The number of hydrogen-bond acceptors (Lipinski definition) is 4. The second-order valence-corrected chi connectivity index (χ2v) is 3.14. The molecule has 0 atom stereocenters. The number of ether oxygens (including phenoxy) is 2. The van der Waals surface area contributed by atoms with Gasteiger partial charge in [0.2, 0.25) is 5.91 Å². The number of hydrogen-bond donors (Lipinski definition) is 2. The molecule has 5 nitrogen and oxygen atoms in total. The third-order valence-corrected chi connectivity index (χ3v) is 1.78. The maximum Gasteiger partial charge on any atom is 0.220 e. The van der Waals surface area contributed by atoms with Gasteiger partial charge in [0.25, 0.3) is 0 Å². The SMILES string of the molecule is COCCCC(=O)NCCCOCCO. The highest BCUT2D eigenvalue weighted by Gasteiger charge is 1.99. The summed E-state index contributed by atoms with van der Waals surface area (Å²) in [5.41, 5.74) is 0. The molecule has 0 aliphatic rings. The van der Waals surface area contributed by atoms with Crippen molar-refractivity contribution in [3.63, 3.8) is 0 Å². The molecule has 0 saturated heterocycles. The zero-order valence-corrected chi connectivity index (χ0v) is 9.33. The first-order valence-electron chi connectivity index (χ1n) is 5.25. The Balaban J connectivity index is 3.10. The molecular formula is C10H21NO4. The minimum absolute atomic E-state index is 0.0450. The summed E-state index contributed by atoms with van der Waals surface area (Å²) in [6.07, 6.45) is 2.03. The van der Waals surface area contributed by atoms with E-state index in [0.29, 0.717) is 32.8 Å². The lowest BCUT2D eigenvalue weighted by molar-refractivity contribution is -0.121. The molecule has 2 N–H and O–H groups in total. The summed E-state index contributed by atoms with van der Waals surface area (Å²) >= 11 is 0. The predicted octanol–water partition coefficient (Wildman–Crippen LogP) is -0.0718. The standard InChI is InChI=1S/C10H21NO4/c1-14-7-2-4-10(13)11-5-3-8-15-9-6-12/h12H,2-9H2,1H3,(H,11,13). The number of nitrogens with one attached hydrogen (secondary N) is 1. The first kappa shape index (κ1) is 14.3. The maximum atomic E-state index is 11.2. The second kappa shape index (κ2) is 11.4. The topological polar surface area (TPSA) is 67.8 Å². The minimum Gasteiger partial charge on any atom is -0.394 e. The molecule has 0 spiro atoms. The predicted molar refractivity (Wildman–Crippen MR) is 56.6 cm³/mol. The average Bonchev–Trinajstić information content (AvgIpc) is 2.23. The largest absolute Gasteiger partial charge is 0.394 e. The van der Waals surface area contributed by atoms with E-state index >= 15 is 0 Å². The zero-order chi connectivity index (χ0) is 11.4. The summed E-state index contributed by atoms with van der Waals surface area (Å²) in [7, 11) is 1.62. The lowest BCUT2D eigenvalue weighted by atomic mass is 10.3. The number of methoxy groups -OCH3 is 1. The quantitative estimate of drug-likeness (QED) is 0.505. The van der Waals surface area contributed by atoms with Crippen LogP contribution >= 0.6 is 0 Å². The van der Waals surface area contributed by atoms with Gasteiger partial charge in [0.15, 0.2) is 0 Å². The van der Waals surface area contributed by atoms with Gasteiger partial charge in [-0.15, -0.1) is 0 Å². The van der Waals surface area contributed by atoms with E-state index in [1.165, 1.54) is 0 Å². The van der Waals surface area contributed by atoms with Gasteiger partial charge < -0.3 is 19.9 Å². The fourth-order valence-corrected chi connectivity index (χ4v) is 1.03. The normalized spacial score (nSPS) is 10.3. The Morgan fingerprint density at radius 3 is 2.73 bits per heavy atom. The van der Waals surface area contributed by atoms with E-state index < -0.39 is 0 Å². The molecule has 0 aliphatic carbocycles. The molecule has 0 saturated carbocycles. The van der Waals surface area contributed by atoms with E-state index in [9.17, 15) is 4.79 Å². The van der Waals surface area contributed by atoms with Gasteiger partial charge >= 0.3 is 0 Å². The van der Waals surface area contributed by atoms with Crippen LogP contribution in [-0.2, 0) is 14.3 Å². The van der Waals surface area contributed by atoms with Crippen LogP contribution in [0.5, 0.6) is 0 Å². The molecule has 0 aromatic heterocycles. The molecule has 0 aromatic rings. The molecule has 0 unspecified atom stereocenters. The summed E-state index contributed by atoms with van der Waals surface area (Å²) in [5.74, 6) is 0.0502. The van der Waals surface area contributed by atoms with Crippen molar-refractivity contribution in [2.75, 3.05) is 40.1 Å². The molecule has 1 amide bonds. The lowest BCUT2D eigenvalue weighted by Crippen LogP contribution is -2.25. The monoisotopic (exact) mass is 219 g/mol. The molecule has 15 heavy (non-hydrogen) atoms. The van der Waals surface area contributed by atoms with E-state index in [4.69, 9.17) is 14.6 Å². The van der Waals surface area contributed by atoms with Crippen molar-refractivity contribution in [1.82, 2.24) is 5.32 Å². The number of carbonyl (C=O) groups excluding carboxylic acids is 1. The van der Waals surface area contributed by atoms with E-state index in [0.717, 1.165) is 12.8 Å². The van der Waals surface area contributed by atoms with Crippen LogP contribution in [0.2, 0.25) is 0 Å². The highest BCUT2D eigenvalue weighted by molar-refractivity contribution is 5.75. The Hall–Kier alpha value is -0.650. The fraction of sp³-hybridized carbons (Fsp3) is 0.900. The van der Waals surface area contributed by atoms with Gasteiger partial charge in [-0.1, -0.05) is 0 Å². The summed E-state index contributed by atoms with van der Waals surface area (Å²) in [4.78, 5) is 11.2. The van der Waals surface area contributed by atoms with Gasteiger partial charge in [-0.2, -0.15) is 0 Å². The Morgan fingerprint density at radius 2 is 2.07 bits per heavy atom. The van der Waals surface area contributed by atoms with Crippen LogP contribution in [0.4, 0.5) is 0 Å². The number of carbonyl (C=O) groups is 1. The van der Waals surface area contributed by atoms with Gasteiger partial charge in [0.05, 0.1) is 13.2 Å². The molecule has 0 fully saturated rings. The first-order chi connectivity index (χ1) is 7.31. The van der Waals surface area contributed by atoms with Crippen LogP contribution in [0, 0.1) is 0 Å². The highest BCUT2D eigenvalue weighted by Crippen LogP contribution is 1.89. The smallest absolute Gasteiger partial charge is 0.220 e. The van der Waals surface area contributed by atoms with E-state index in [-0.39, 0.29) is 12.5 Å². The Labute approximate surface area is 90.8 Å². The van der Waals surface area contributed by atoms with Gasteiger partial charge in [0.1, 0.15) is 0 Å². The number of aliphatic hydroxyl groups is 1. The molecule has 90 valence electrons. The van der Waals surface area contributed by atoms with Crippen molar-refractivity contribution >= 4 is 5.91 Å². The van der Waals surface area contributed by atoms with Crippen molar-refractivity contribution in [3.8, 4) is 0 Å². The zero-order valence-electron chi connectivity index (χ0n) is 9.33. The summed E-state index contributed by atoms with van der Waals surface area (Å²) in [5, 5.41) is 11.2. The molecule has 0 aromatic carbocycles. The summed E-state index contributed by atoms with van der Waals surface area (Å²) in [6.45, 7) is 2.22. The van der Waals surface area contributed by atoms with Crippen molar-refractivity contribution in [2.45, 2.75) is 19.3 Å². The van der Waals surface area contributed by atoms with Crippen molar-refractivity contribution in [1.29, 1.82) is 0 Å².